The molecule has 2 aliphatic heterocycles. The monoisotopic (exact) mass is 644 g/mol. The molecule has 0 radical (unpaired) electrons. The molecule has 0 spiro atoms. The van der Waals surface area contributed by atoms with Gasteiger partial charge in [-0.2, -0.15) is 0 Å². The van der Waals surface area contributed by atoms with Gasteiger partial charge in [-0.05, 0) is 61.6 Å². The van der Waals surface area contributed by atoms with E-state index in [4.69, 9.17) is 40.0 Å². The van der Waals surface area contributed by atoms with E-state index < -0.39 is 0 Å². The fourth-order valence-electron chi connectivity index (χ4n) is 6.19. The molecule has 1 fully saturated rings. The van der Waals surface area contributed by atoms with E-state index in [9.17, 15) is 0 Å². The summed E-state index contributed by atoms with van der Waals surface area (Å²) in [6.07, 6.45) is 9.13. The van der Waals surface area contributed by atoms with Crippen LogP contribution in [0.25, 0.3) is 0 Å². The van der Waals surface area contributed by atoms with Gasteiger partial charge in [-0.3, -0.25) is 0 Å². The number of benzene rings is 2. The summed E-state index contributed by atoms with van der Waals surface area (Å²) in [6.45, 7) is 12.5. The van der Waals surface area contributed by atoms with Crippen LogP contribution in [0.5, 0.6) is 5.75 Å². The zero-order valence-corrected chi connectivity index (χ0v) is 29.0. The molecule has 2 aliphatic rings. The van der Waals surface area contributed by atoms with Crippen LogP contribution in [0.4, 0.5) is 0 Å². The van der Waals surface area contributed by atoms with Gasteiger partial charge >= 0.3 is 0 Å². The Morgan fingerprint density at radius 3 is 2.07 bits per heavy atom. The summed E-state index contributed by atoms with van der Waals surface area (Å²) in [7, 11) is 0. The van der Waals surface area contributed by atoms with Crippen molar-refractivity contribution in [1.29, 1.82) is 0 Å². The standard InChI is InChI=1S/C38H57ClO6/c1-5-9-20-40-27-32-36(42-21-10-6-2)38(44-23-12-8-4)37(43-22-11-7-3)35(45-32)31-26-29(25-28-17-14-13-15-18-28)33(39)34-30(31)19-16-24-41-34/h13-15,17-18,26,32,35-38H,5-12,16,19-25,27H2,1-4H3/t32-,35+,36-,37+,38+/m1/s1. The lowest BCUT2D eigenvalue weighted by molar-refractivity contribution is -0.268. The van der Waals surface area contributed by atoms with Crippen LogP contribution in [0.3, 0.4) is 0 Å². The van der Waals surface area contributed by atoms with E-state index in [2.05, 4.69) is 58.0 Å². The van der Waals surface area contributed by atoms with E-state index in [1.807, 2.05) is 6.07 Å². The molecule has 0 aliphatic carbocycles. The van der Waals surface area contributed by atoms with Crippen molar-refractivity contribution in [3.8, 4) is 5.75 Å². The van der Waals surface area contributed by atoms with E-state index in [0.717, 1.165) is 86.6 Å². The van der Waals surface area contributed by atoms with Gasteiger partial charge in [-0.1, -0.05) is 101 Å². The van der Waals surface area contributed by atoms with E-state index in [0.29, 0.717) is 51.1 Å². The largest absolute Gasteiger partial charge is 0.492 e. The maximum absolute atomic E-state index is 7.13. The van der Waals surface area contributed by atoms with Crippen LogP contribution >= 0.6 is 11.6 Å². The Hall–Kier alpha value is -1.67. The van der Waals surface area contributed by atoms with Gasteiger partial charge in [0, 0.05) is 32.0 Å². The number of hydrogen-bond donors (Lipinski definition) is 0. The smallest absolute Gasteiger partial charge is 0.141 e. The van der Waals surface area contributed by atoms with Gasteiger partial charge in [-0.15, -0.1) is 0 Å². The van der Waals surface area contributed by atoms with Gasteiger partial charge in [0.1, 0.15) is 36.3 Å². The summed E-state index contributed by atoms with van der Waals surface area (Å²) in [5.41, 5.74) is 4.46. The Labute approximate surface area is 277 Å². The molecular weight excluding hydrogens is 588 g/mol. The summed E-state index contributed by atoms with van der Waals surface area (Å²) < 4.78 is 39.9. The van der Waals surface area contributed by atoms with E-state index in [1.165, 1.54) is 5.56 Å². The average Bonchev–Trinajstić information content (AvgIpc) is 3.06. The molecule has 5 atom stereocenters. The van der Waals surface area contributed by atoms with E-state index in [1.54, 1.807) is 0 Å². The molecule has 0 N–H and O–H groups in total. The van der Waals surface area contributed by atoms with E-state index in [-0.39, 0.29) is 30.5 Å². The molecule has 6 nitrogen and oxygen atoms in total. The van der Waals surface area contributed by atoms with Crippen molar-refractivity contribution in [2.75, 3.05) is 39.6 Å². The fourth-order valence-corrected chi connectivity index (χ4v) is 6.48. The lowest BCUT2D eigenvalue weighted by Crippen LogP contribution is -2.58. The first-order valence-corrected chi connectivity index (χ1v) is 18.1. The van der Waals surface area contributed by atoms with Crippen LogP contribution in [0.2, 0.25) is 5.02 Å². The minimum atomic E-state index is -0.374. The summed E-state index contributed by atoms with van der Waals surface area (Å²) in [6, 6.07) is 12.7. The molecule has 0 unspecified atom stereocenters. The van der Waals surface area contributed by atoms with Crippen molar-refractivity contribution in [3.05, 3.63) is 63.7 Å². The Balaban J connectivity index is 1.79. The summed E-state index contributed by atoms with van der Waals surface area (Å²) in [4.78, 5) is 0. The Kier molecular flexibility index (Phi) is 16.0. The first kappa shape index (κ1) is 36.2. The summed E-state index contributed by atoms with van der Waals surface area (Å²) >= 11 is 7.10. The quantitative estimate of drug-likeness (QED) is 0.134. The van der Waals surface area contributed by atoms with Crippen molar-refractivity contribution in [1.82, 2.24) is 0 Å². The zero-order chi connectivity index (χ0) is 31.9. The van der Waals surface area contributed by atoms with Gasteiger partial charge in [0.15, 0.2) is 0 Å². The third-order valence-corrected chi connectivity index (χ3v) is 9.19. The molecule has 1 saturated heterocycles. The molecule has 252 valence electrons. The highest BCUT2D eigenvalue weighted by Crippen LogP contribution is 2.46. The normalized spacial score (nSPS) is 23.1. The van der Waals surface area contributed by atoms with Crippen LogP contribution in [0.1, 0.15) is 114 Å². The number of rotatable bonds is 20. The van der Waals surface area contributed by atoms with Gasteiger partial charge in [0.2, 0.25) is 0 Å². The van der Waals surface area contributed by atoms with Crippen LogP contribution in [-0.4, -0.2) is 64.1 Å². The Morgan fingerprint density at radius 1 is 0.778 bits per heavy atom. The molecule has 7 heteroatoms. The van der Waals surface area contributed by atoms with Crippen LogP contribution in [-0.2, 0) is 36.5 Å². The zero-order valence-electron chi connectivity index (χ0n) is 28.2. The highest BCUT2D eigenvalue weighted by atomic mass is 35.5. The lowest BCUT2D eigenvalue weighted by atomic mass is 9.85. The molecule has 2 aromatic rings. The highest BCUT2D eigenvalue weighted by molar-refractivity contribution is 6.33. The predicted molar refractivity (Wildman–Crippen MR) is 182 cm³/mol. The number of fused-ring (bicyclic) bond motifs is 1. The molecule has 0 saturated carbocycles. The van der Waals surface area contributed by atoms with Crippen molar-refractivity contribution < 1.29 is 28.4 Å². The summed E-state index contributed by atoms with van der Waals surface area (Å²) in [5, 5.41) is 0.701. The summed E-state index contributed by atoms with van der Waals surface area (Å²) in [5.74, 6) is 0.794. The molecule has 2 heterocycles. The fraction of sp³-hybridized carbons (Fsp3) is 0.684. The minimum absolute atomic E-state index is 0.291. The first-order chi connectivity index (χ1) is 22.1. The van der Waals surface area contributed by atoms with Gasteiger partial charge in [-0.25, -0.2) is 0 Å². The topological polar surface area (TPSA) is 55.4 Å². The average molecular weight is 645 g/mol. The van der Waals surface area contributed by atoms with Gasteiger partial charge in [0.05, 0.1) is 18.2 Å². The molecule has 2 aromatic carbocycles. The second-order valence-corrected chi connectivity index (χ2v) is 12.8. The Bertz CT molecular complexity index is 1110. The highest BCUT2D eigenvalue weighted by Gasteiger charge is 2.49. The molecule has 4 rings (SSSR count). The van der Waals surface area contributed by atoms with Crippen molar-refractivity contribution in [2.45, 2.75) is 129 Å². The lowest BCUT2D eigenvalue weighted by Gasteiger charge is -2.47. The molecule has 0 amide bonds. The van der Waals surface area contributed by atoms with Crippen LogP contribution in [0.15, 0.2) is 36.4 Å². The second kappa shape index (κ2) is 19.9. The maximum Gasteiger partial charge on any atom is 0.141 e. The molecular formula is C38H57ClO6. The predicted octanol–water partition coefficient (Wildman–Crippen LogP) is 9.07. The minimum Gasteiger partial charge on any atom is -0.492 e. The SMILES string of the molecule is CCCCOC[C@H]1O[C@@H](c2cc(Cc3ccccc3)c(Cl)c3c2CCCO3)[C@H](OCCCC)[C@@H](OCCCC)[C@@H]1OCCCC. The third kappa shape index (κ3) is 10.2. The van der Waals surface area contributed by atoms with Gasteiger partial charge in [0.25, 0.3) is 0 Å². The molecule has 0 aromatic heterocycles. The maximum atomic E-state index is 7.13. The first-order valence-electron chi connectivity index (χ1n) is 17.7. The number of ether oxygens (including phenoxy) is 6. The number of unbranched alkanes of at least 4 members (excludes halogenated alkanes) is 4. The second-order valence-electron chi connectivity index (χ2n) is 12.5. The van der Waals surface area contributed by atoms with Crippen molar-refractivity contribution >= 4 is 11.6 Å². The number of halogens is 1. The Morgan fingerprint density at radius 2 is 1.40 bits per heavy atom. The van der Waals surface area contributed by atoms with Crippen molar-refractivity contribution in [3.63, 3.8) is 0 Å². The molecule has 0 bridgehead atoms. The van der Waals surface area contributed by atoms with E-state index >= 15 is 0 Å². The van der Waals surface area contributed by atoms with Gasteiger partial charge < -0.3 is 28.4 Å². The number of hydrogen-bond acceptors (Lipinski definition) is 6. The van der Waals surface area contributed by atoms with Crippen molar-refractivity contribution in [2.24, 2.45) is 0 Å². The van der Waals surface area contributed by atoms with Crippen LogP contribution in [0, 0.1) is 0 Å². The third-order valence-electron chi connectivity index (χ3n) is 8.78. The van der Waals surface area contributed by atoms with Crippen LogP contribution < -0.4 is 4.74 Å². The molecule has 45 heavy (non-hydrogen) atoms.